The van der Waals surface area contributed by atoms with E-state index >= 15 is 0 Å². The van der Waals surface area contributed by atoms with E-state index < -0.39 is 9.84 Å². The Morgan fingerprint density at radius 1 is 1.31 bits per heavy atom. The van der Waals surface area contributed by atoms with Crippen LogP contribution in [0.15, 0.2) is 22.6 Å². The highest BCUT2D eigenvalue weighted by Gasteiger charge is 2.54. The second-order valence-corrected chi connectivity index (χ2v) is 6.42. The number of rotatable bonds is 0. The van der Waals surface area contributed by atoms with Gasteiger partial charge < -0.3 is 0 Å². The highest BCUT2D eigenvalue weighted by molar-refractivity contribution is 7.95. The molecule has 1 aliphatic heterocycles. The van der Waals surface area contributed by atoms with Crippen LogP contribution in [0.1, 0.15) is 6.42 Å². The minimum atomic E-state index is -3.05. The summed E-state index contributed by atoms with van der Waals surface area (Å²) in [5.41, 5.74) is 0. The third-order valence-electron chi connectivity index (χ3n) is 3.36. The van der Waals surface area contributed by atoms with E-state index in [1.807, 2.05) is 6.08 Å². The SMILES string of the molecule is O=S1(=O)C=C(Cl)C2C3C=CC(C3)C21. The van der Waals surface area contributed by atoms with Crippen molar-refractivity contribution in [2.24, 2.45) is 17.8 Å². The topological polar surface area (TPSA) is 34.1 Å². The summed E-state index contributed by atoms with van der Waals surface area (Å²) >= 11 is 5.94. The molecular formula is C9H9ClO2S. The molecule has 0 radical (unpaired) electrons. The zero-order valence-corrected chi connectivity index (χ0v) is 8.42. The third kappa shape index (κ3) is 0.868. The van der Waals surface area contributed by atoms with Crippen LogP contribution >= 0.6 is 11.6 Å². The van der Waals surface area contributed by atoms with Gasteiger partial charge in [-0.3, -0.25) is 0 Å². The maximum Gasteiger partial charge on any atom is 0.176 e. The molecule has 1 fully saturated rings. The smallest absolute Gasteiger partial charge is 0.176 e. The average molecular weight is 217 g/mol. The lowest BCUT2D eigenvalue weighted by molar-refractivity contribution is 0.527. The van der Waals surface area contributed by atoms with Crippen molar-refractivity contribution in [1.29, 1.82) is 0 Å². The molecule has 4 unspecified atom stereocenters. The number of fused-ring (bicyclic) bond motifs is 5. The third-order valence-corrected chi connectivity index (χ3v) is 5.84. The lowest BCUT2D eigenvalue weighted by atomic mass is 9.93. The maximum atomic E-state index is 11.6. The van der Waals surface area contributed by atoms with Crippen molar-refractivity contribution in [2.75, 3.05) is 0 Å². The van der Waals surface area contributed by atoms with Gasteiger partial charge in [0.25, 0.3) is 0 Å². The van der Waals surface area contributed by atoms with Gasteiger partial charge in [0.15, 0.2) is 9.84 Å². The van der Waals surface area contributed by atoms with Crippen LogP contribution in [-0.2, 0) is 9.84 Å². The predicted octanol–water partition coefficient (Wildman–Crippen LogP) is 1.69. The molecule has 2 bridgehead atoms. The monoisotopic (exact) mass is 216 g/mol. The van der Waals surface area contributed by atoms with Gasteiger partial charge in [-0.15, -0.1) is 0 Å². The molecular weight excluding hydrogens is 208 g/mol. The van der Waals surface area contributed by atoms with E-state index in [1.54, 1.807) is 0 Å². The van der Waals surface area contributed by atoms with E-state index in [2.05, 4.69) is 6.08 Å². The Balaban J connectivity index is 2.18. The molecule has 0 saturated heterocycles. The first kappa shape index (κ1) is 8.06. The number of hydrogen-bond acceptors (Lipinski definition) is 2. The Morgan fingerprint density at radius 2 is 2.00 bits per heavy atom. The second kappa shape index (κ2) is 2.20. The van der Waals surface area contributed by atoms with Gasteiger partial charge in [-0.1, -0.05) is 23.8 Å². The van der Waals surface area contributed by atoms with Gasteiger partial charge in [-0.25, -0.2) is 8.42 Å². The van der Waals surface area contributed by atoms with E-state index in [9.17, 15) is 8.42 Å². The Kier molecular flexibility index (Phi) is 1.37. The lowest BCUT2D eigenvalue weighted by Crippen LogP contribution is -2.27. The molecule has 0 aromatic heterocycles. The highest BCUT2D eigenvalue weighted by Crippen LogP contribution is 2.54. The average Bonchev–Trinajstić information content (AvgIpc) is 2.63. The fraction of sp³-hybridized carbons (Fsp3) is 0.556. The van der Waals surface area contributed by atoms with Crippen LogP contribution in [0.3, 0.4) is 0 Å². The minimum absolute atomic E-state index is 0.0710. The maximum absolute atomic E-state index is 11.6. The van der Waals surface area contributed by atoms with Crippen LogP contribution in [0.2, 0.25) is 0 Å². The molecule has 0 N–H and O–H groups in total. The summed E-state index contributed by atoms with van der Waals surface area (Å²) in [5.74, 6) is 0.658. The first-order chi connectivity index (χ1) is 6.09. The molecule has 1 heterocycles. The van der Waals surface area contributed by atoms with Crippen LogP contribution in [-0.4, -0.2) is 13.7 Å². The summed E-state index contributed by atoms with van der Waals surface area (Å²) in [4.78, 5) is 0. The van der Waals surface area contributed by atoms with Crippen LogP contribution in [0.5, 0.6) is 0 Å². The summed E-state index contributed by atoms with van der Waals surface area (Å²) < 4.78 is 23.3. The van der Waals surface area contributed by atoms with Crippen LogP contribution < -0.4 is 0 Å². The van der Waals surface area contributed by atoms with E-state index in [-0.39, 0.29) is 17.1 Å². The second-order valence-electron chi connectivity index (χ2n) is 4.03. The highest BCUT2D eigenvalue weighted by atomic mass is 35.5. The van der Waals surface area contributed by atoms with Crippen molar-refractivity contribution >= 4 is 21.4 Å². The van der Waals surface area contributed by atoms with E-state index in [0.717, 1.165) is 6.42 Å². The van der Waals surface area contributed by atoms with Crippen molar-refractivity contribution in [2.45, 2.75) is 11.7 Å². The zero-order valence-electron chi connectivity index (χ0n) is 6.85. The summed E-state index contributed by atoms with van der Waals surface area (Å²) in [6, 6.07) is 0. The molecule has 0 amide bonds. The number of sulfone groups is 1. The quantitative estimate of drug-likeness (QED) is 0.578. The van der Waals surface area contributed by atoms with E-state index in [1.165, 1.54) is 5.41 Å². The standard InChI is InChI=1S/C9H9ClO2S/c10-7-4-13(11,12)9-6-2-1-5(3-6)8(7)9/h1-2,4-6,8-9H,3H2. The zero-order chi connectivity index (χ0) is 9.22. The van der Waals surface area contributed by atoms with Gasteiger partial charge in [0.1, 0.15) is 0 Å². The molecule has 13 heavy (non-hydrogen) atoms. The lowest BCUT2D eigenvalue weighted by Gasteiger charge is -2.19. The Hall–Kier alpha value is -0.280. The Labute approximate surface area is 82.2 Å². The molecule has 2 nitrogen and oxygen atoms in total. The van der Waals surface area contributed by atoms with Crippen molar-refractivity contribution < 1.29 is 8.42 Å². The van der Waals surface area contributed by atoms with Gasteiger partial charge in [0.05, 0.1) is 5.25 Å². The molecule has 3 aliphatic rings. The molecule has 1 saturated carbocycles. The van der Waals surface area contributed by atoms with Gasteiger partial charge in [-0.05, 0) is 18.3 Å². The normalized spacial score (nSPS) is 49.5. The van der Waals surface area contributed by atoms with E-state index in [4.69, 9.17) is 11.6 Å². The largest absolute Gasteiger partial charge is 0.224 e. The molecule has 70 valence electrons. The number of hydrogen-bond donors (Lipinski definition) is 0. The molecule has 2 aliphatic carbocycles. The molecule has 3 rings (SSSR count). The summed E-state index contributed by atoms with van der Waals surface area (Å²) in [6.45, 7) is 0. The molecule has 4 heteroatoms. The van der Waals surface area contributed by atoms with Crippen LogP contribution in [0.25, 0.3) is 0 Å². The van der Waals surface area contributed by atoms with Gasteiger partial charge in [0, 0.05) is 16.4 Å². The first-order valence-electron chi connectivity index (χ1n) is 4.39. The van der Waals surface area contributed by atoms with Crippen molar-refractivity contribution in [3.63, 3.8) is 0 Å². The first-order valence-corrected chi connectivity index (χ1v) is 6.38. The summed E-state index contributed by atoms with van der Waals surface area (Å²) in [5, 5.41) is 1.56. The van der Waals surface area contributed by atoms with Crippen molar-refractivity contribution in [1.82, 2.24) is 0 Å². The van der Waals surface area contributed by atoms with Crippen molar-refractivity contribution in [3.05, 3.63) is 22.6 Å². The summed E-state index contributed by atoms with van der Waals surface area (Å²) in [6.07, 6.45) is 5.12. The number of halogens is 1. The Morgan fingerprint density at radius 3 is 2.69 bits per heavy atom. The summed E-state index contributed by atoms with van der Waals surface area (Å²) in [7, 11) is -3.05. The van der Waals surface area contributed by atoms with Gasteiger partial charge >= 0.3 is 0 Å². The molecule has 0 aromatic carbocycles. The predicted molar refractivity (Wildman–Crippen MR) is 50.9 cm³/mol. The Bertz CT molecular complexity index is 421. The van der Waals surface area contributed by atoms with Gasteiger partial charge in [-0.2, -0.15) is 0 Å². The van der Waals surface area contributed by atoms with Gasteiger partial charge in [0.2, 0.25) is 0 Å². The molecule has 0 spiro atoms. The molecule has 4 atom stereocenters. The molecule has 0 aromatic rings. The minimum Gasteiger partial charge on any atom is -0.224 e. The fourth-order valence-electron chi connectivity index (χ4n) is 2.90. The van der Waals surface area contributed by atoms with Crippen LogP contribution in [0, 0.1) is 17.8 Å². The van der Waals surface area contributed by atoms with Crippen LogP contribution in [0.4, 0.5) is 0 Å². The van der Waals surface area contributed by atoms with Crippen molar-refractivity contribution in [3.8, 4) is 0 Å². The van der Waals surface area contributed by atoms with E-state index in [0.29, 0.717) is 11.0 Å². The fourth-order valence-corrected chi connectivity index (χ4v) is 5.72. The number of allylic oxidation sites excluding steroid dienone is 3.